The van der Waals surface area contributed by atoms with E-state index in [1.807, 2.05) is 43.0 Å². The predicted molar refractivity (Wildman–Crippen MR) is 101 cm³/mol. The minimum atomic E-state index is 0.731. The van der Waals surface area contributed by atoms with Crippen molar-refractivity contribution in [3.05, 3.63) is 59.1 Å². The van der Waals surface area contributed by atoms with Crippen LogP contribution in [0.2, 0.25) is 5.02 Å². The molecule has 1 aromatic heterocycles. The van der Waals surface area contributed by atoms with Crippen LogP contribution in [0.1, 0.15) is 5.56 Å². The van der Waals surface area contributed by atoms with Crippen LogP contribution in [0, 0.1) is 0 Å². The predicted octanol–water partition coefficient (Wildman–Crippen LogP) is 4.23. The van der Waals surface area contributed by atoms with E-state index in [0.717, 1.165) is 40.8 Å². The number of aromatic nitrogens is 2. The van der Waals surface area contributed by atoms with Crippen LogP contribution in [-0.4, -0.2) is 30.4 Å². The van der Waals surface area contributed by atoms with Crippen LogP contribution < -0.4 is 10.2 Å². The van der Waals surface area contributed by atoms with Gasteiger partial charge in [-0.15, -0.1) is 0 Å². The number of nitrogens with zero attached hydrogens (tertiary/aromatic N) is 3. The van der Waals surface area contributed by atoms with E-state index in [0.29, 0.717) is 0 Å². The van der Waals surface area contributed by atoms with Crippen molar-refractivity contribution in [3.63, 3.8) is 0 Å². The summed E-state index contributed by atoms with van der Waals surface area (Å²) in [7, 11) is 4.10. The second-order valence-corrected chi connectivity index (χ2v) is 6.62. The molecule has 0 saturated carbocycles. The average Bonchev–Trinajstić information content (AvgIpc) is 3.18. The molecule has 0 amide bonds. The first kappa shape index (κ1) is 15.1. The Hall–Kier alpha value is -2.46. The Labute approximate surface area is 146 Å². The smallest absolute Gasteiger partial charge is 0.133 e. The quantitative estimate of drug-likeness (QED) is 0.776. The molecule has 0 radical (unpaired) electrons. The SMILES string of the molecule is CN(C)c1ccc(-c2nn(-c3ccc(Cl)cc3)c3c2CCN3)cc1. The number of hydrogen-bond acceptors (Lipinski definition) is 3. The van der Waals surface area contributed by atoms with Gasteiger partial charge in [-0.25, -0.2) is 4.68 Å². The highest BCUT2D eigenvalue weighted by molar-refractivity contribution is 6.30. The van der Waals surface area contributed by atoms with E-state index in [2.05, 4.69) is 34.5 Å². The Bertz CT molecular complexity index is 864. The minimum Gasteiger partial charge on any atom is -0.378 e. The standard InChI is InChI=1S/C19H19ClN4/c1-23(2)15-7-3-13(4-8-15)18-17-11-12-21-19(17)24(22-18)16-9-5-14(20)6-10-16/h3-10,21H,11-12H2,1-2H3. The fourth-order valence-corrected chi connectivity index (χ4v) is 3.22. The van der Waals surface area contributed by atoms with Gasteiger partial charge in [-0.3, -0.25) is 0 Å². The third kappa shape index (κ3) is 2.53. The first-order valence-corrected chi connectivity index (χ1v) is 8.41. The fraction of sp³-hybridized carbons (Fsp3) is 0.211. The molecular weight excluding hydrogens is 320 g/mol. The number of halogens is 1. The van der Waals surface area contributed by atoms with Gasteiger partial charge in [0.15, 0.2) is 0 Å². The van der Waals surface area contributed by atoms with Gasteiger partial charge in [0, 0.05) is 42.5 Å². The third-order valence-corrected chi connectivity index (χ3v) is 4.63. The topological polar surface area (TPSA) is 33.1 Å². The third-order valence-electron chi connectivity index (χ3n) is 4.38. The molecule has 2 heterocycles. The van der Waals surface area contributed by atoms with Crippen LogP contribution in [-0.2, 0) is 6.42 Å². The zero-order chi connectivity index (χ0) is 16.7. The van der Waals surface area contributed by atoms with Gasteiger partial charge in [0.1, 0.15) is 5.82 Å². The Kier molecular flexibility index (Phi) is 3.69. The summed E-state index contributed by atoms with van der Waals surface area (Å²) in [6, 6.07) is 16.3. The summed E-state index contributed by atoms with van der Waals surface area (Å²) in [6.07, 6.45) is 0.994. The number of fused-ring (bicyclic) bond motifs is 1. The largest absolute Gasteiger partial charge is 0.378 e. The van der Waals surface area contributed by atoms with Gasteiger partial charge in [-0.2, -0.15) is 5.10 Å². The number of anilines is 2. The van der Waals surface area contributed by atoms with E-state index in [1.54, 1.807) is 0 Å². The minimum absolute atomic E-state index is 0.731. The van der Waals surface area contributed by atoms with Crippen molar-refractivity contribution in [2.75, 3.05) is 30.9 Å². The Morgan fingerprint density at radius 3 is 2.42 bits per heavy atom. The van der Waals surface area contributed by atoms with Gasteiger partial charge in [-0.05, 0) is 42.8 Å². The second-order valence-electron chi connectivity index (χ2n) is 6.18. The molecule has 1 N–H and O–H groups in total. The Balaban J connectivity index is 1.80. The molecule has 3 aromatic rings. The highest BCUT2D eigenvalue weighted by atomic mass is 35.5. The average molecular weight is 339 g/mol. The van der Waals surface area contributed by atoms with E-state index in [-0.39, 0.29) is 0 Å². The maximum absolute atomic E-state index is 6.01. The van der Waals surface area contributed by atoms with Crippen LogP contribution in [0.25, 0.3) is 16.9 Å². The molecule has 122 valence electrons. The summed E-state index contributed by atoms with van der Waals surface area (Å²) in [5.41, 5.74) is 5.68. The van der Waals surface area contributed by atoms with Gasteiger partial charge in [0.2, 0.25) is 0 Å². The van der Waals surface area contributed by atoms with Crippen LogP contribution in [0.5, 0.6) is 0 Å². The van der Waals surface area contributed by atoms with Gasteiger partial charge in [0.05, 0.1) is 11.4 Å². The van der Waals surface area contributed by atoms with E-state index in [9.17, 15) is 0 Å². The molecule has 0 atom stereocenters. The van der Waals surface area contributed by atoms with Crippen molar-refractivity contribution in [2.24, 2.45) is 0 Å². The van der Waals surface area contributed by atoms with Gasteiger partial charge in [-0.1, -0.05) is 23.7 Å². The lowest BCUT2D eigenvalue weighted by atomic mass is 10.1. The molecule has 0 saturated heterocycles. The molecule has 5 heteroatoms. The lowest BCUT2D eigenvalue weighted by molar-refractivity contribution is 0.882. The van der Waals surface area contributed by atoms with Crippen molar-refractivity contribution >= 4 is 23.1 Å². The highest BCUT2D eigenvalue weighted by Gasteiger charge is 2.23. The lowest BCUT2D eigenvalue weighted by Gasteiger charge is -2.12. The van der Waals surface area contributed by atoms with E-state index < -0.39 is 0 Å². The summed E-state index contributed by atoms with van der Waals surface area (Å²) < 4.78 is 1.98. The molecule has 24 heavy (non-hydrogen) atoms. The maximum Gasteiger partial charge on any atom is 0.133 e. The second kappa shape index (κ2) is 5.87. The molecule has 2 aromatic carbocycles. The number of nitrogens with one attached hydrogen (secondary N) is 1. The molecule has 4 rings (SSSR count). The molecule has 0 aliphatic carbocycles. The molecule has 0 fully saturated rings. The molecular formula is C19H19ClN4. The van der Waals surface area contributed by atoms with E-state index in [4.69, 9.17) is 16.7 Å². The van der Waals surface area contributed by atoms with Gasteiger partial charge < -0.3 is 10.2 Å². The van der Waals surface area contributed by atoms with Crippen LogP contribution >= 0.6 is 11.6 Å². The molecule has 4 nitrogen and oxygen atoms in total. The first-order valence-electron chi connectivity index (χ1n) is 8.03. The highest BCUT2D eigenvalue weighted by Crippen LogP contribution is 2.35. The molecule has 1 aliphatic heterocycles. The summed E-state index contributed by atoms with van der Waals surface area (Å²) in [4.78, 5) is 2.10. The zero-order valence-electron chi connectivity index (χ0n) is 13.8. The van der Waals surface area contributed by atoms with Crippen molar-refractivity contribution < 1.29 is 0 Å². The van der Waals surface area contributed by atoms with Crippen molar-refractivity contribution in [2.45, 2.75) is 6.42 Å². The van der Waals surface area contributed by atoms with Gasteiger partial charge >= 0.3 is 0 Å². The first-order chi connectivity index (χ1) is 11.6. The van der Waals surface area contributed by atoms with Crippen molar-refractivity contribution in [1.82, 2.24) is 9.78 Å². The Morgan fingerprint density at radius 1 is 1.04 bits per heavy atom. The molecule has 0 spiro atoms. The van der Waals surface area contributed by atoms with Crippen LogP contribution in [0.4, 0.5) is 11.5 Å². The summed E-state index contributed by atoms with van der Waals surface area (Å²) in [5.74, 6) is 1.09. The van der Waals surface area contributed by atoms with Gasteiger partial charge in [0.25, 0.3) is 0 Å². The summed E-state index contributed by atoms with van der Waals surface area (Å²) >= 11 is 6.01. The molecule has 0 bridgehead atoms. The molecule has 1 aliphatic rings. The van der Waals surface area contributed by atoms with E-state index >= 15 is 0 Å². The molecule has 0 unspecified atom stereocenters. The lowest BCUT2D eigenvalue weighted by Crippen LogP contribution is -2.08. The Morgan fingerprint density at radius 2 is 1.75 bits per heavy atom. The summed E-state index contributed by atoms with van der Waals surface area (Å²) in [5, 5.41) is 9.07. The number of benzene rings is 2. The van der Waals surface area contributed by atoms with Crippen LogP contribution in [0.15, 0.2) is 48.5 Å². The fourth-order valence-electron chi connectivity index (χ4n) is 3.09. The number of rotatable bonds is 3. The number of hydrogen-bond donors (Lipinski definition) is 1. The van der Waals surface area contributed by atoms with Crippen molar-refractivity contribution in [3.8, 4) is 16.9 Å². The van der Waals surface area contributed by atoms with E-state index in [1.165, 1.54) is 11.3 Å². The maximum atomic E-state index is 6.01. The summed E-state index contributed by atoms with van der Waals surface area (Å²) in [6.45, 7) is 0.948. The zero-order valence-corrected chi connectivity index (χ0v) is 14.5. The normalized spacial score (nSPS) is 12.8. The monoisotopic (exact) mass is 338 g/mol. The van der Waals surface area contributed by atoms with Crippen LogP contribution in [0.3, 0.4) is 0 Å². The van der Waals surface area contributed by atoms with Crippen molar-refractivity contribution in [1.29, 1.82) is 0 Å².